The smallest absolute Gasteiger partial charge is 0.270 e. The lowest BCUT2D eigenvalue weighted by atomic mass is 10.4. The molecule has 0 aliphatic rings. The molecule has 0 amide bonds. The minimum Gasteiger partial charge on any atom is -0.285 e. The summed E-state index contributed by atoms with van der Waals surface area (Å²) >= 11 is 0. The van der Waals surface area contributed by atoms with Gasteiger partial charge in [0.1, 0.15) is 11.4 Å². The van der Waals surface area contributed by atoms with Crippen LogP contribution in [0.25, 0.3) is 5.65 Å². The summed E-state index contributed by atoms with van der Waals surface area (Å²) in [5, 5.41) is 0. The molecule has 84 valence electrons. The highest BCUT2D eigenvalue weighted by Crippen LogP contribution is 2.02. The van der Waals surface area contributed by atoms with E-state index in [0.717, 1.165) is 6.07 Å². The molecule has 0 aliphatic heterocycles. The first-order chi connectivity index (χ1) is 7.46. The molecule has 0 spiro atoms. The largest absolute Gasteiger partial charge is 0.285 e. The average Bonchev–Trinajstić information content (AvgIpc) is 2.15. The second-order valence-electron chi connectivity index (χ2n) is 3.24. The minimum atomic E-state index is -4.17. The van der Waals surface area contributed by atoms with E-state index >= 15 is 0 Å². The number of hydrogen-bond donors (Lipinski definition) is 1. The first kappa shape index (κ1) is 10.8. The predicted molar refractivity (Wildman–Crippen MR) is 56.7 cm³/mol. The first-order valence-electron chi connectivity index (χ1n) is 4.38. The van der Waals surface area contributed by atoms with Crippen molar-refractivity contribution in [2.24, 2.45) is 0 Å². The Balaban J connectivity index is 2.63. The highest BCUT2D eigenvalue weighted by atomic mass is 32.2. The lowest BCUT2D eigenvalue weighted by molar-refractivity contribution is 0.481. The van der Waals surface area contributed by atoms with E-state index in [2.05, 4.69) is 4.98 Å². The molecule has 2 aromatic rings. The van der Waals surface area contributed by atoms with Crippen LogP contribution < -0.4 is 5.56 Å². The van der Waals surface area contributed by atoms with Gasteiger partial charge in [-0.3, -0.25) is 13.7 Å². The van der Waals surface area contributed by atoms with E-state index in [0.29, 0.717) is 5.65 Å². The molecular formula is C9H8N2O4S. The Morgan fingerprint density at radius 2 is 2.12 bits per heavy atom. The summed E-state index contributed by atoms with van der Waals surface area (Å²) in [4.78, 5) is 15.5. The molecule has 2 aromatic heterocycles. The normalized spacial score (nSPS) is 11.8. The molecule has 2 heterocycles. The van der Waals surface area contributed by atoms with Gasteiger partial charge in [0.15, 0.2) is 0 Å². The summed E-state index contributed by atoms with van der Waals surface area (Å²) in [6, 6.07) is 6.01. The van der Waals surface area contributed by atoms with Crippen molar-refractivity contribution < 1.29 is 13.0 Å². The van der Waals surface area contributed by atoms with Crippen LogP contribution in [0.5, 0.6) is 0 Å². The fourth-order valence-corrected chi connectivity index (χ4v) is 1.89. The summed E-state index contributed by atoms with van der Waals surface area (Å²) in [6.45, 7) is 0. The number of fused-ring (bicyclic) bond motifs is 1. The van der Waals surface area contributed by atoms with Crippen molar-refractivity contribution in [3.63, 3.8) is 0 Å². The van der Waals surface area contributed by atoms with Crippen molar-refractivity contribution in [2.45, 2.75) is 5.75 Å². The van der Waals surface area contributed by atoms with Crippen molar-refractivity contribution in [3.8, 4) is 0 Å². The third kappa shape index (κ3) is 2.26. The number of aromatic nitrogens is 2. The maximum atomic E-state index is 11.5. The van der Waals surface area contributed by atoms with E-state index < -0.39 is 15.9 Å². The Hall–Kier alpha value is -1.73. The van der Waals surface area contributed by atoms with Gasteiger partial charge in [0.05, 0.1) is 5.69 Å². The van der Waals surface area contributed by atoms with Gasteiger partial charge in [-0.05, 0) is 12.1 Å². The van der Waals surface area contributed by atoms with Crippen LogP contribution in [0, 0.1) is 0 Å². The average molecular weight is 240 g/mol. The molecular weight excluding hydrogens is 232 g/mol. The Bertz CT molecular complexity index is 690. The summed E-state index contributed by atoms with van der Waals surface area (Å²) < 4.78 is 31.3. The third-order valence-corrected chi connectivity index (χ3v) is 2.61. The van der Waals surface area contributed by atoms with Gasteiger partial charge in [0.25, 0.3) is 15.7 Å². The summed E-state index contributed by atoms with van der Waals surface area (Å²) in [6.07, 6.45) is 1.53. The van der Waals surface area contributed by atoms with Crippen molar-refractivity contribution in [1.82, 2.24) is 9.38 Å². The van der Waals surface area contributed by atoms with E-state index in [-0.39, 0.29) is 11.3 Å². The Morgan fingerprint density at radius 3 is 2.81 bits per heavy atom. The monoisotopic (exact) mass is 240 g/mol. The second kappa shape index (κ2) is 3.69. The molecule has 16 heavy (non-hydrogen) atoms. The molecule has 0 bridgehead atoms. The highest BCUT2D eigenvalue weighted by Gasteiger charge is 2.09. The fraction of sp³-hybridized carbons (Fsp3) is 0.111. The van der Waals surface area contributed by atoms with Crippen LogP contribution in [0.2, 0.25) is 0 Å². The van der Waals surface area contributed by atoms with Gasteiger partial charge in [-0.25, -0.2) is 4.98 Å². The van der Waals surface area contributed by atoms with E-state index in [9.17, 15) is 13.2 Å². The van der Waals surface area contributed by atoms with Gasteiger partial charge in [-0.1, -0.05) is 6.07 Å². The molecule has 0 aromatic carbocycles. The molecule has 1 N–H and O–H groups in total. The quantitative estimate of drug-likeness (QED) is 0.751. The number of rotatable bonds is 2. The standard InChI is InChI=1S/C9H8N2O4S/c12-9-5-7(6-16(13,14)15)10-8-3-1-2-4-11(8)9/h1-5H,6H2,(H,13,14,15). The van der Waals surface area contributed by atoms with Crippen LogP contribution in [0.15, 0.2) is 35.3 Å². The first-order valence-corrected chi connectivity index (χ1v) is 5.99. The van der Waals surface area contributed by atoms with Crippen molar-refractivity contribution in [2.75, 3.05) is 0 Å². The molecule has 0 fully saturated rings. The Labute approximate surface area is 90.9 Å². The van der Waals surface area contributed by atoms with Gasteiger partial charge < -0.3 is 0 Å². The van der Waals surface area contributed by atoms with Gasteiger partial charge in [-0.15, -0.1) is 0 Å². The van der Waals surface area contributed by atoms with E-state index in [1.165, 1.54) is 10.6 Å². The summed E-state index contributed by atoms with van der Waals surface area (Å²) in [5.74, 6) is -0.659. The van der Waals surface area contributed by atoms with Crippen LogP contribution in [0.3, 0.4) is 0 Å². The molecule has 0 saturated heterocycles. The number of hydrogen-bond acceptors (Lipinski definition) is 4. The summed E-state index contributed by atoms with van der Waals surface area (Å²) in [5.41, 5.74) is -0.0170. The molecule has 0 unspecified atom stereocenters. The molecule has 0 atom stereocenters. The van der Waals surface area contributed by atoms with Crippen LogP contribution in [0.4, 0.5) is 0 Å². The summed E-state index contributed by atoms with van der Waals surface area (Å²) in [7, 11) is -4.17. The highest BCUT2D eigenvalue weighted by molar-refractivity contribution is 7.85. The molecule has 6 nitrogen and oxygen atoms in total. The third-order valence-electron chi connectivity index (χ3n) is 1.95. The molecule has 7 heteroatoms. The maximum Gasteiger partial charge on any atom is 0.270 e. The van der Waals surface area contributed by atoms with E-state index in [4.69, 9.17) is 4.55 Å². The molecule has 0 saturated carbocycles. The van der Waals surface area contributed by atoms with Gasteiger partial charge in [0, 0.05) is 12.3 Å². The number of nitrogens with zero attached hydrogens (tertiary/aromatic N) is 2. The topological polar surface area (TPSA) is 88.7 Å². The van der Waals surface area contributed by atoms with Gasteiger partial charge >= 0.3 is 0 Å². The van der Waals surface area contributed by atoms with Crippen LogP contribution in [-0.4, -0.2) is 22.4 Å². The van der Waals surface area contributed by atoms with Crippen molar-refractivity contribution >= 4 is 15.8 Å². The second-order valence-corrected chi connectivity index (χ2v) is 4.69. The maximum absolute atomic E-state index is 11.5. The molecule has 0 aliphatic carbocycles. The zero-order chi connectivity index (χ0) is 11.8. The zero-order valence-electron chi connectivity index (χ0n) is 8.07. The van der Waals surface area contributed by atoms with Gasteiger partial charge in [0.2, 0.25) is 0 Å². The van der Waals surface area contributed by atoms with Crippen LogP contribution in [0.1, 0.15) is 5.69 Å². The fourth-order valence-electron chi connectivity index (χ4n) is 1.36. The van der Waals surface area contributed by atoms with Crippen molar-refractivity contribution in [1.29, 1.82) is 0 Å². The Kier molecular flexibility index (Phi) is 2.49. The molecule has 2 rings (SSSR count). The lowest BCUT2D eigenvalue weighted by Gasteiger charge is -2.01. The van der Waals surface area contributed by atoms with Crippen molar-refractivity contribution in [3.05, 3.63) is 46.5 Å². The Morgan fingerprint density at radius 1 is 1.38 bits per heavy atom. The van der Waals surface area contributed by atoms with E-state index in [1.807, 2.05) is 0 Å². The minimum absolute atomic E-state index is 0.0266. The van der Waals surface area contributed by atoms with E-state index in [1.54, 1.807) is 18.2 Å². The predicted octanol–water partition coefficient (Wildman–Crippen LogP) is 0.0823. The molecule has 0 radical (unpaired) electrons. The SMILES string of the molecule is O=c1cc(CS(=O)(=O)O)nc2ccccn12. The van der Waals surface area contributed by atoms with Crippen LogP contribution in [-0.2, 0) is 15.9 Å². The van der Waals surface area contributed by atoms with Crippen LogP contribution >= 0.6 is 0 Å². The number of pyridine rings is 1. The zero-order valence-corrected chi connectivity index (χ0v) is 8.88. The lowest BCUT2D eigenvalue weighted by Crippen LogP contribution is -2.16. The van der Waals surface area contributed by atoms with Gasteiger partial charge in [-0.2, -0.15) is 8.42 Å².